The van der Waals surface area contributed by atoms with E-state index in [9.17, 15) is 0 Å². The van der Waals surface area contributed by atoms with Gasteiger partial charge in [0.15, 0.2) is 0 Å². The van der Waals surface area contributed by atoms with Crippen LogP contribution in [0, 0.1) is 6.92 Å². The number of anilines is 1. The van der Waals surface area contributed by atoms with Crippen LogP contribution in [0.15, 0.2) is 49.1 Å². The number of hydrogen-bond donors (Lipinski definition) is 0. The summed E-state index contributed by atoms with van der Waals surface area (Å²) in [5, 5.41) is 0. The fourth-order valence-electron chi connectivity index (χ4n) is 3.12. The summed E-state index contributed by atoms with van der Waals surface area (Å²) in [5.74, 6) is 0.794. The normalized spacial score (nSPS) is 14.1. The Hall–Kier alpha value is -2.82. The molecule has 0 atom stereocenters. The number of hydrogen-bond acceptors (Lipinski definition) is 5. The van der Waals surface area contributed by atoms with Crippen molar-refractivity contribution < 1.29 is 0 Å². The van der Waals surface area contributed by atoms with Gasteiger partial charge in [-0.05, 0) is 18.9 Å². The molecule has 2 aromatic heterocycles. The van der Waals surface area contributed by atoms with E-state index in [2.05, 4.69) is 37.0 Å². The van der Waals surface area contributed by atoms with Crippen molar-refractivity contribution >= 4 is 5.95 Å². The van der Waals surface area contributed by atoms with E-state index in [0.29, 0.717) is 0 Å². The van der Waals surface area contributed by atoms with Gasteiger partial charge in [-0.15, -0.1) is 0 Å². The third-order valence-corrected chi connectivity index (χ3v) is 4.38. The smallest absolute Gasteiger partial charge is 0.225 e. The quantitative estimate of drug-likeness (QED) is 0.727. The van der Waals surface area contributed by atoms with E-state index in [-0.39, 0.29) is 0 Å². The van der Waals surface area contributed by atoms with Crippen LogP contribution in [0.2, 0.25) is 0 Å². The highest BCUT2D eigenvalue weighted by molar-refractivity contribution is 5.64. The standard InChI is InChI=1S/C19H19N5/c1-14-11-20-19(21-12-14)24-9-7-16-17(8-10-24)22-13-23-18(16)15-5-3-2-4-6-15/h2-6,11-13H,7-10H2,1H3. The molecule has 5 nitrogen and oxygen atoms in total. The maximum Gasteiger partial charge on any atom is 0.225 e. The number of fused-ring (bicyclic) bond motifs is 1. The Kier molecular flexibility index (Phi) is 3.91. The first-order valence-electron chi connectivity index (χ1n) is 8.23. The molecule has 3 heterocycles. The zero-order chi connectivity index (χ0) is 16.4. The molecule has 0 saturated carbocycles. The fraction of sp³-hybridized carbons (Fsp3) is 0.263. The largest absolute Gasteiger partial charge is 0.340 e. The van der Waals surface area contributed by atoms with Gasteiger partial charge in [-0.25, -0.2) is 19.9 Å². The predicted molar refractivity (Wildman–Crippen MR) is 93.9 cm³/mol. The second-order valence-corrected chi connectivity index (χ2v) is 6.06. The summed E-state index contributed by atoms with van der Waals surface area (Å²) in [7, 11) is 0. The third-order valence-electron chi connectivity index (χ3n) is 4.38. The summed E-state index contributed by atoms with van der Waals surface area (Å²) >= 11 is 0. The highest BCUT2D eigenvalue weighted by Gasteiger charge is 2.20. The second kappa shape index (κ2) is 6.35. The molecular formula is C19H19N5. The third kappa shape index (κ3) is 2.85. The van der Waals surface area contributed by atoms with Crippen LogP contribution in [-0.2, 0) is 12.8 Å². The highest BCUT2D eigenvalue weighted by atomic mass is 15.2. The molecule has 0 aliphatic carbocycles. The van der Waals surface area contributed by atoms with Crippen LogP contribution in [0.5, 0.6) is 0 Å². The number of nitrogens with zero attached hydrogens (tertiary/aromatic N) is 5. The molecule has 0 radical (unpaired) electrons. The van der Waals surface area contributed by atoms with Gasteiger partial charge in [0.25, 0.3) is 0 Å². The van der Waals surface area contributed by atoms with Crippen LogP contribution in [0.25, 0.3) is 11.3 Å². The zero-order valence-electron chi connectivity index (χ0n) is 13.7. The predicted octanol–water partition coefficient (Wildman–Crippen LogP) is 2.85. The SMILES string of the molecule is Cc1cnc(N2CCc3ncnc(-c4ccccc4)c3CC2)nc1. The van der Waals surface area contributed by atoms with Gasteiger partial charge in [0, 0.05) is 48.7 Å². The van der Waals surface area contributed by atoms with Crippen molar-refractivity contribution in [1.82, 2.24) is 19.9 Å². The van der Waals surface area contributed by atoms with Crippen LogP contribution >= 0.6 is 0 Å². The van der Waals surface area contributed by atoms with Crippen molar-refractivity contribution in [3.63, 3.8) is 0 Å². The van der Waals surface area contributed by atoms with Crippen molar-refractivity contribution in [3.8, 4) is 11.3 Å². The summed E-state index contributed by atoms with van der Waals surface area (Å²) in [6.45, 7) is 3.76. The number of aromatic nitrogens is 4. The van der Waals surface area contributed by atoms with Gasteiger partial charge >= 0.3 is 0 Å². The van der Waals surface area contributed by atoms with Crippen molar-refractivity contribution in [2.24, 2.45) is 0 Å². The van der Waals surface area contributed by atoms with Crippen LogP contribution in [-0.4, -0.2) is 33.0 Å². The molecule has 0 spiro atoms. The minimum atomic E-state index is 0.794. The molecule has 0 fully saturated rings. The van der Waals surface area contributed by atoms with Crippen molar-refractivity contribution in [2.75, 3.05) is 18.0 Å². The van der Waals surface area contributed by atoms with Gasteiger partial charge in [0.05, 0.1) is 5.69 Å². The van der Waals surface area contributed by atoms with E-state index in [0.717, 1.165) is 54.4 Å². The molecular weight excluding hydrogens is 298 g/mol. The summed E-state index contributed by atoms with van der Waals surface area (Å²) < 4.78 is 0. The second-order valence-electron chi connectivity index (χ2n) is 6.06. The van der Waals surface area contributed by atoms with Gasteiger partial charge in [0.1, 0.15) is 6.33 Å². The summed E-state index contributed by atoms with van der Waals surface area (Å²) in [5.41, 5.74) is 5.66. The fourth-order valence-corrected chi connectivity index (χ4v) is 3.12. The van der Waals surface area contributed by atoms with E-state index in [1.54, 1.807) is 6.33 Å². The summed E-state index contributed by atoms with van der Waals surface area (Å²) in [6.07, 6.45) is 7.21. The van der Waals surface area contributed by atoms with Gasteiger partial charge in [0.2, 0.25) is 5.95 Å². The molecule has 1 aliphatic rings. The van der Waals surface area contributed by atoms with Gasteiger partial charge in [-0.1, -0.05) is 30.3 Å². The molecule has 0 unspecified atom stereocenters. The molecule has 5 heteroatoms. The zero-order valence-corrected chi connectivity index (χ0v) is 13.7. The molecule has 4 rings (SSSR count). The van der Waals surface area contributed by atoms with Crippen LogP contribution in [0.1, 0.15) is 16.8 Å². The average molecular weight is 317 g/mol. The van der Waals surface area contributed by atoms with E-state index >= 15 is 0 Å². The Labute approximate surface area is 141 Å². The van der Waals surface area contributed by atoms with Gasteiger partial charge in [-0.2, -0.15) is 0 Å². The lowest BCUT2D eigenvalue weighted by molar-refractivity contribution is 0.768. The van der Waals surface area contributed by atoms with Crippen LogP contribution in [0.4, 0.5) is 5.95 Å². The average Bonchev–Trinajstić information content (AvgIpc) is 2.86. The van der Waals surface area contributed by atoms with Crippen LogP contribution in [0.3, 0.4) is 0 Å². The number of benzene rings is 1. The maximum atomic E-state index is 4.55. The van der Waals surface area contributed by atoms with E-state index in [1.165, 1.54) is 5.56 Å². The van der Waals surface area contributed by atoms with E-state index < -0.39 is 0 Å². The lowest BCUT2D eigenvalue weighted by Crippen LogP contribution is -2.27. The first-order valence-corrected chi connectivity index (χ1v) is 8.23. The Bertz CT molecular complexity index is 830. The first-order chi connectivity index (χ1) is 11.8. The number of aryl methyl sites for hydroxylation is 1. The van der Waals surface area contributed by atoms with Crippen molar-refractivity contribution in [3.05, 3.63) is 65.9 Å². The highest BCUT2D eigenvalue weighted by Crippen LogP contribution is 2.26. The molecule has 0 amide bonds. The number of rotatable bonds is 2. The van der Waals surface area contributed by atoms with Crippen molar-refractivity contribution in [1.29, 1.82) is 0 Å². The molecule has 24 heavy (non-hydrogen) atoms. The summed E-state index contributed by atoms with van der Waals surface area (Å²) in [6, 6.07) is 10.3. The Morgan fingerprint density at radius 1 is 0.875 bits per heavy atom. The molecule has 0 N–H and O–H groups in total. The summed E-state index contributed by atoms with van der Waals surface area (Å²) in [4.78, 5) is 20.2. The molecule has 0 saturated heterocycles. The topological polar surface area (TPSA) is 54.8 Å². The maximum absolute atomic E-state index is 4.55. The van der Waals surface area contributed by atoms with Crippen molar-refractivity contribution in [2.45, 2.75) is 19.8 Å². The Morgan fingerprint density at radius 2 is 1.62 bits per heavy atom. The van der Waals surface area contributed by atoms with Crippen LogP contribution < -0.4 is 4.90 Å². The lowest BCUT2D eigenvalue weighted by Gasteiger charge is -2.19. The molecule has 0 bridgehead atoms. The lowest BCUT2D eigenvalue weighted by atomic mass is 10.0. The Morgan fingerprint density at radius 3 is 2.42 bits per heavy atom. The molecule has 1 aromatic carbocycles. The van der Waals surface area contributed by atoms with E-state index in [1.807, 2.05) is 37.5 Å². The van der Waals surface area contributed by atoms with E-state index in [4.69, 9.17) is 0 Å². The Balaban J connectivity index is 1.65. The monoisotopic (exact) mass is 317 g/mol. The minimum absolute atomic E-state index is 0.794. The minimum Gasteiger partial charge on any atom is -0.340 e. The molecule has 1 aliphatic heterocycles. The van der Waals surface area contributed by atoms with Gasteiger partial charge in [-0.3, -0.25) is 0 Å². The first kappa shape index (κ1) is 14.8. The van der Waals surface area contributed by atoms with Gasteiger partial charge < -0.3 is 4.90 Å². The molecule has 120 valence electrons. The molecule has 3 aromatic rings.